The van der Waals surface area contributed by atoms with Crippen LogP contribution in [0.2, 0.25) is 0 Å². The second-order valence-electron chi connectivity index (χ2n) is 5.87. The summed E-state index contributed by atoms with van der Waals surface area (Å²) < 4.78 is 12.9. The van der Waals surface area contributed by atoms with E-state index in [0.717, 1.165) is 31.7 Å². The molecule has 1 N–H and O–H groups in total. The van der Waals surface area contributed by atoms with E-state index in [4.69, 9.17) is 0 Å². The van der Waals surface area contributed by atoms with Crippen LogP contribution in [0.3, 0.4) is 0 Å². The monoisotopic (exact) mass is 329 g/mol. The van der Waals surface area contributed by atoms with E-state index in [1.54, 1.807) is 24.5 Å². The predicted molar refractivity (Wildman–Crippen MR) is 89.2 cm³/mol. The van der Waals surface area contributed by atoms with Gasteiger partial charge in [0.1, 0.15) is 5.82 Å². The quantitative estimate of drug-likeness (QED) is 0.923. The molecule has 1 saturated heterocycles. The van der Waals surface area contributed by atoms with Crippen LogP contribution in [-0.2, 0) is 6.54 Å². The highest BCUT2D eigenvalue weighted by molar-refractivity contribution is 5.93. The number of amides is 1. The number of anilines is 1. The number of carbonyl (C=O) groups is 1. The van der Waals surface area contributed by atoms with E-state index in [1.807, 2.05) is 11.9 Å². The highest BCUT2D eigenvalue weighted by atomic mass is 19.1. The second-order valence-corrected chi connectivity index (χ2v) is 5.87. The van der Waals surface area contributed by atoms with Crippen molar-refractivity contribution >= 4 is 11.9 Å². The first-order chi connectivity index (χ1) is 11.6. The number of aromatic nitrogens is 2. The van der Waals surface area contributed by atoms with Crippen molar-refractivity contribution in [2.24, 2.45) is 0 Å². The topological polar surface area (TPSA) is 61.4 Å². The van der Waals surface area contributed by atoms with E-state index in [0.29, 0.717) is 18.1 Å². The molecule has 0 spiro atoms. The Hall–Kier alpha value is -2.54. The van der Waals surface area contributed by atoms with Gasteiger partial charge in [0.15, 0.2) is 0 Å². The molecule has 1 aromatic heterocycles. The Balaban J connectivity index is 1.56. The number of hydrogen-bond acceptors (Lipinski definition) is 5. The van der Waals surface area contributed by atoms with Gasteiger partial charge < -0.3 is 15.1 Å². The average molecular weight is 329 g/mol. The van der Waals surface area contributed by atoms with Gasteiger partial charge in [0.05, 0.1) is 5.56 Å². The number of carbonyl (C=O) groups excluding carboxylic acids is 1. The van der Waals surface area contributed by atoms with Crippen LogP contribution in [0.1, 0.15) is 15.9 Å². The molecule has 0 unspecified atom stereocenters. The Bertz CT molecular complexity index is 681. The molecule has 24 heavy (non-hydrogen) atoms. The summed E-state index contributed by atoms with van der Waals surface area (Å²) in [5.41, 5.74) is 1.42. The van der Waals surface area contributed by atoms with E-state index in [-0.39, 0.29) is 11.7 Å². The van der Waals surface area contributed by atoms with Gasteiger partial charge in [-0.25, -0.2) is 14.4 Å². The zero-order chi connectivity index (χ0) is 16.9. The molecule has 2 aromatic rings. The van der Waals surface area contributed by atoms with Gasteiger partial charge in [-0.05, 0) is 24.7 Å². The third kappa shape index (κ3) is 4.05. The van der Waals surface area contributed by atoms with Gasteiger partial charge in [-0.2, -0.15) is 0 Å². The molecule has 126 valence electrons. The summed E-state index contributed by atoms with van der Waals surface area (Å²) in [6.45, 7) is 3.69. The van der Waals surface area contributed by atoms with Crippen molar-refractivity contribution in [3.05, 3.63) is 53.6 Å². The summed E-state index contributed by atoms with van der Waals surface area (Å²) in [7, 11) is 2.05. The molecule has 0 saturated carbocycles. The van der Waals surface area contributed by atoms with Gasteiger partial charge in [0, 0.05) is 45.1 Å². The number of nitrogens with zero attached hydrogens (tertiary/aromatic N) is 4. The lowest BCUT2D eigenvalue weighted by Gasteiger charge is -2.32. The minimum absolute atomic E-state index is 0.0341. The van der Waals surface area contributed by atoms with Crippen molar-refractivity contribution in [1.29, 1.82) is 0 Å². The fraction of sp³-hybridized carbons (Fsp3) is 0.353. The summed E-state index contributed by atoms with van der Waals surface area (Å²) in [5.74, 6) is 0.143. The Kier molecular flexibility index (Phi) is 5.00. The van der Waals surface area contributed by atoms with Crippen LogP contribution in [-0.4, -0.2) is 58.9 Å². The molecule has 0 aliphatic carbocycles. The van der Waals surface area contributed by atoms with Crippen molar-refractivity contribution in [3.63, 3.8) is 0 Å². The van der Waals surface area contributed by atoms with Gasteiger partial charge in [0.2, 0.25) is 5.95 Å². The highest BCUT2D eigenvalue weighted by Crippen LogP contribution is 2.09. The molecule has 1 amide bonds. The maximum atomic E-state index is 12.9. The van der Waals surface area contributed by atoms with Crippen LogP contribution in [0.5, 0.6) is 0 Å². The molecule has 1 aliphatic heterocycles. The highest BCUT2D eigenvalue weighted by Gasteiger charge is 2.20. The number of hydrogen-bond donors (Lipinski definition) is 1. The summed E-state index contributed by atoms with van der Waals surface area (Å²) >= 11 is 0. The average Bonchev–Trinajstić information content (AvgIpc) is 2.62. The largest absolute Gasteiger partial charge is 0.350 e. The molecular formula is C17H20FN5O. The predicted octanol–water partition coefficient (Wildman–Crippen LogP) is 1.62. The standard InChI is InChI=1S/C17H20FN5O/c1-22-6-8-23(9-7-22)16(24)14-11-20-17(21-12-14)19-10-13-2-4-15(18)5-3-13/h2-5,11-12H,6-10H2,1H3,(H,19,20,21). The maximum Gasteiger partial charge on any atom is 0.257 e. The van der Waals surface area contributed by atoms with Crippen LogP contribution in [0.4, 0.5) is 10.3 Å². The van der Waals surface area contributed by atoms with Gasteiger partial charge in [-0.15, -0.1) is 0 Å². The van der Waals surface area contributed by atoms with Crippen LogP contribution in [0.25, 0.3) is 0 Å². The number of nitrogens with one attached hydrogen (secondary N) is 1. The summed E-state index contributed by atoms with van der Waals surface area (Å²) in [6, 6.07) is 6.23. The Morgan fingerprint density at radius 2 is 1.75 bits per heavy atom. The minimum atomic E-state index is -0.262. The lowest BCUT2D eigenvalue weighted by Crippen LogP contribution is -2.47. The molecule has 7 heteroatoms. The van der Waals surface area contributed by atoms with Crippen molar-refractivity contribution in [2.45, 2.75) is 6.54 Å². The molecule has 1 aliphatic rings. The zero-order valence-electron chi connectivity index (χ0n) is 13.6. The molecule has 1 fully saturated rings. The molecule has 0 bridgehead atoms. The van der Waals surface area contributed by atoms with Crippen molar-refractivity contribution in [3.8, 4) is 0 Å². The van der Waals surface area contributed by atoms with Crippen LogP contribution >= 0.6 is 0 Å². The number of rotatable bonds is 4. The first-order valence-electron chi connectivity index (χ1n) is 7.90. The van der Waals surface area contributed by atoms with Crippen molar-refractivity contribution in [1.82, 2.24) is 19.8 Å². The Morgan fingerprint density at radius 3 is 2.38 bits per heavy atom. The smallest absolute Gasteiger partial charge is 0.257 e. The van der Waals surface area contributed by atoms with E-state index >= 15 is 0 Å². The Morgan fingerprint density at radius 1 is 1.12 bits per heavy atom. The first kappa shape index (κ1) is 16.3. The van der Waals surface area contributed by atoms with Gasteiger partial charge >= 0.3 is 0 Å². The SMILES string of the molecule is CN1CCN(C(=O)c2cnc(NCc3ccc(F)cc3)nc2)CC1. The molecule has 0 atom stereocenters. The van der Waals surface area contributed by atoms with Crippen LogP contribution in [0, 0.1) is 5.82 Å². The molecule has 6 nitrogen and oxygen atoms in total. The van der Waals surface area contributed by atoms with Crippen LogP contribution in [0.15, 0.2) is 36.7 Å². The van der Waals surface area contributed by atoms with Gasteiger partial charge in [-0.1, -0.05) is 12.1 Å². The molecular weight excluding hydrogens is 309 g/mol. The van der Waals surface area contributed by atoms with Gasteiger partial charge in [0.25, 0.3) is 5.91 Å². The molecule has 0 radical (unpaired) electrons. The van der Waals surface area contributed by atoms with Gasteiger partial charge in [-0.3, -0.25) is 4.79 Å². The van der Waals surface area contributed by atoms with E-state index in [1.165, 1.54) is 12.1 Å². The molecule has 3 rings (SSSR count). The third-order valence-corrected chi connectivity index (χ3v) is 4.05. The lowest BCUT2D eigenvalue weighted by molar-refractivity contribution is 0.0663. The minimum Gasteiger partial charge on any atom is -0.350 e. The maximum absolute atomic E-state index is 12.9. The molecule has 1 aromatic carbocycles. The number of likely N-dealkylation sites (N-methyl/N-ethyl adjacent to an activating group) is 1. The summed E-state index contributed by atoms with van der Waals surface area (Å²) in [4.78, 5) is 24.8. The zero-order valence-corrected chi connectivity index (χ0v) is 13.6. The molecule has 2 heterocycles. The number of halogens is 1. The summed E-state index contributed by atoms with van der Waals surface area (Å²) in [6.07, 6.45) is 3.08. The van der Waals surface area contributed by atoms with Crippen molar-refractivity contribution in [2.75, 3.05) is 38.5 Å². The number of piperazine rings is 1. The van der Waals surface area contributed by atoms with E-state index < -0.39 is 0 Å². The lowest BCUT2D eigenvalue weighted by atomic mass is 10.2. The van der Waals surface area contributed by atoms with Crippen molar-refractivity contribution < 1.29 is 9.18 Å². The fourth-order valence-electron chi connectivity index (χ4n) is 2.51. The Labute approximate surface area is 140 Å². The second kappa shape index (κ2) is 7.35. The van der Waals surface area contributed by atoms with Crippen LogP contribution < -0.4 is 5.32 Å². The third-order valence-electron chi connectivity index (χ3n) is 4.05. The van der Waals surface area contributed by atoms with E-state index in [2.05, 4.69) is 20.2 Å². The normalized spacial score (nSPS) is 15.3. The first-order valence-corrected chi connectivity index (χ1v) is 7.90. The summed E-state index contributed by atoms with van der Waals surface area (Å²) in [5, 5.41) is 3.06. The number of benzene rings is 1. The van der Waals surface area contributed by atoms with E-state index in [9.17, 15) is 9.18 Å². The fourth-order valence-corrected chi connectivity index (χ4v) is 2.51.